The number of hydrogen-bond donors (Lipinski definition) is 1. The number of H-pyrrole nitrogens is 1. The Kier molecular flexibility index (Phi) is 5.30. The Morgan fingerprint density at radius 1 is 1.11 bits per heavy atom. The van der Waals surface area contributed by atoms with Gasteiger partial charge in [0, 0.05) is 31.2 Å². The molecule has 3 rings (SSSR count). The fourth-order valence-corrected chi connectivity index (χ4v) is 3.39. The number of halogens is 1. The van der Waals surface area contributed by atoms with E-state index in [9.17, 15) is 22.7 Å². The van der Waals surface area contributed by atoms with E-state index in [4.69, 9.17) is 0 Å². The fourth-order valence-electron chi connectivity index (χ4n) is 2.82. The highest BCUT2D eigenvalue weighted by Crippen LogP contribution is 2.32. The molecule has 0 spiro atoms. The predicted octanol–water partition coefficient (Wildman–Crippen LogP) is 2.82. The Labute approximate surface area is 163 Å². The number of aromatic amines is 1. The summed E-state index contributed by atoms with van der Waals surface area (Å²) < 4.78 is 38.3. The third-order valence-corrected chi connectivity index (χ3v) is 4.99. The van der Waals surface area contributed by atoms with E-state index in [2.05, 4.69) is 4.98 Å². The maximum atomic E-state index is 13.6. The molecule has 146 valence electrons. The number of rotatable bonds is 5. The second kappa shape index (κ2) is 7.53. The van der Waals surface area contributed by atoms with Gasteiger partial charge in [-0.05, 0) is 48.9 Å². The molecule has 28 heavy (non-hydrogen) atoms. The molecule has 0 aliphatic rings. The Bertz CT molecular complexity index is 1110. The van der Waals surface area contributed by atoms with E-state index in [-0.39, 0.29) is 16.9 Å². The number of amides is 1. The zero-order valence-corrected chi connectivity index (χ0v) is 16.2. The van der Waals surface area contributed by atoms with Crippen molar-refractivity contribution in [2.45, 2.75) is 6.92 Å². The summed E-state index contributed by atoms with van der Waals surface area (Å²) in [5.41, 5.74) is 1.51. The first-order valence-electron chi connectivity index (χ1n) is 8.23. The highest BCUT2D eigenvalue weighted by atomic mass is 32.2. The molecule has 9 heteroatoms. The lowest BCUT2D eigenvalue weighted by Gasteiger charge is -2.27. The normalized spacial score (nSPS) is 12.0. The summed E-state index contributed by atoms with van der Waals surface area (Å²) in [5.74, 6) is -1.85. The van der Waals surface area contributed by atoms with Gasteiger partial charge in [-0.15, -0.1) is 0 Å². The average molecular weight is 402 g/mol. The summed E-state index contributed by atoms with van der Waals surface area (Å²) >= 11 is -2.69. The number of Topliss-reactive ketones (excluding diaryl/α,β-unsaturated/α-hetero) is 1. The average Bonchev–Trinajstić information content (AvgIpc) is 3.06. The molecular weight excluding hydrogens is 385 g/mol. The van der Waals surface area contributed by atoms with Crippen LogP contribution >= 0.6 is 0 Å². The molecule has 1 atom stereocenters. The van der Waals surface area contributed by atoms with Crippen LogP contribution in [0.2, 0.25) is 0 Å². The van der Waals surface area contributed by atoms with Crippen molar-refractivity contribution in [1.29, 1.82) is 0 Å². The molecule has 1 unspecified atom stereocenters. The van der Waals surface area contributed by atoms with Crippen LogP contribution in [0, 0.1) is 12.7 Å². The topological polar surface area (TPSA) is 96.5 Å². The van der Waals surface area contributed by atoms with Gasteiger partial charge in [0.25, 0.3) is 11.7 Å². The molecule has 0 fully saturated rings. The van der Waals surface area contributed by atoms with Gasteiger partial charge in [-0.3, -0.25) is 18.1 Å². The van der Waals surface area contributed by atoms with Crippen molar-refractivity contribution >= 4 is 45.2 Å². The van der Waals surface area contributed by atoms with Crippen molar-refractivity contribution in [1.82, 2.24) is 9.88 Å². The SMILES string of the molecule is Cc1cc(N(c2ccc3[nH]cc(C(=O)C(=O)N(C)C)c3c2)S(=O)[O-])ccc1F. The summed E-state index contributed by atoms with van der Waals surface area (Å²) in [7, 11) is 2.94. The molecule has 0 saturated carbocycles. The first-order valence-corrected chi connectivity index (χ1v) is 9.26. The van der Waals surface area contributed by atoms with Crippen LogP contribution in [0.1, 0.15) is 15.9 Å². The predicted molar refractivity (Wildman–Crippen MR) is 104 cm³/mol. The lowest BCUT2D eigenvalue weighted by atomic mass is 10.1. The van der Waals surface area contributed by atoms with Crippen molar-refractivity contribution in [3.63, 3.8) is 0 Å². The van der Waals surface area contributed by atoms with Gasteiger partial charge in [0.1, 0.15) is 5.82 Å². The minimum Gasteiger partial charge on any atom is -0.755 e. The van der Waals surface area contributed by atoms with Crippen LogP contribution in [0.15, 0.2) is 42.6 Å². The summed E-state index contributed by atoms with van der Waals surface area (Å²) in [6.07, 6.45) is 1.42. The van der Waals surface area contributed by atoms with Crippen LogP contribution in [0.4, 0.5) is 15.8 Å². The molecule has 1 heterocycles. The van der Waals surface area contributed by atoms with E-state index < -0.39 is 28.8 Å². The van der Waals surface area contributed by atoms with Crippen molar-refractivity contribution < 1.29 is 22.7 Å². The van der Waals surface area contributed by atoms with Gasteiger partial charge in [0.2, 0.25) is 0 Å². The van der Waals surface area contributed by atoms with Crippen LogP contribution < -0.4 is 4.31 Å². The molecule has 0 bridgehead atoms. The molecule has 0 radical (unpaired) electrons. The minimum absolute atomic E-state index is 0.141. The molecule has 1 aromatic heterocycles. The highest BCUT2D eigenvalue weighted by molar-refractivity contribution is 7.81. The van der Waals surface area contributed by atoms with Crippen LogP contribution in [0.5, 0.6) is 0 Å². The zero-order valence-electron chi connectivity index (χ0n) is 15.4. The Hall–Kier alpha value is -3.04. The van der Waals surface area contributed by atoms with Crippen LogP contribution in [-0.2, 0) is 16.1 Å². The van der Waals surface area contributed by atoms with E-state index >= 15 is 0 Å². The molecule has 1 amide bonds. The second-order valence-electron chi connectivity index (χ2n) is 6.41. The smallest absolute Gasteiger partial charge is 0.294 e. The number of carbonyl (C=O) groups excluding carboxylic acids is 2. The van der Waals surface area contributed by atoms with Gasteiger partial charge in [0.15, 0.2) is 0 Å². The number of nitrogens with one attached hydrogen (secondary N) is 1. The van der Waals surface area contributed by atoms with Crippen LogP contribution in [-0.4, -0.2) is 44.4 Å². The summed E-state index contributed by atoms with van der Waals surface area (Å²) in [6, 6.07) is 8.60. The van der Waals surface area contributed by atoms with Crippen LogP contribution in [0.25, 0.3) is 10.9 Å². The summed E-state index contributed by atoms with van der Waals surface area (Å²) in [5, 5.41) is 0.409. The number of ketones is 1. The number of nitrogens with zero attached hydrogens (tertiary/aromatic N) is 2. The number of carbonyl (C=O) groups is 2. The molecule has 7 nitrogen and oxygen atoms in total. The molecule has 0 aliphatic heterocycles. The summed E-state index contributed by atoms with van der Waals surface area (Å²) in [6.45, 7) is 1.53. The summed E-state index contributed by atoms with van der Waals surface area (Å²) in [4.78, 5) is 28.5. The zero-order chi connectivity index (χ0) is 20.6. The van der Waals surface area contributed by atoms with Crippen molar-refractivity contribution in [2.24, 2.45) is 0 Å². The van der Waals surface area contributed by atoms with Gasteiger partial charge in [0.05, 0.1) is 28.2 Å². The number of hydrogen-bond acceptors (Lipinski definition) is 4. The molecule has 2 aromatic carbocycles. The molecule has 0 saturated heterocycles. The third-order valence-electron chi connectivity index (χ3n) is 4.27. The largest absolute Gasteiger partial charge is 0.755 e. The number of anilines is 2. The standard InChI is InChI=1S/C19H18FN3O4S/c1-11-8-12(4-6-16(11)20)23(28(26)27)13-5-7-17-14(9-13)15(10-21-17)18(24)19(25)22(2)3/h4-10,21H,1-3H3,(H,26,27)/p-1. The Morgan fingerprint density at radius 3 is 2.36 bits per heavy atom. The Morgan fingerprint density at radius 2 is 1.75 bits per heavy atom. The number of fused-ring (bicyclic) bond motifs is 1. The van der Waals surface area contributed by atoms with Crippen molar-refractivity contribution in [3.8, 4) is 0 Å². The lowest BCUT2D eigenvalue weighted by Crippen LogP contribution is -2.29. The monoisotopic (exact) mass is 402 g/mol. The van der Waals surface area contributed by atoms with Gasteiger partial charge in [-0.1, -0.05) is 0 Å². The maximum Gasteiger partial charge on any atom is 0.294 e. The first kappa shape index (κ1) is 19.7. The van der Waals surface area contributed by atoms with E-state index in [1.54, 1.807) is 12.1 Å². The number of aromatic nitrogens is 1. The molecular formula is C19H17FN3O4S-. The first-order chi connectivity index (χ1) is 13.2. The Balaban J connectivity index is 2.12. The van der Waals surface area contributed by atoms with Crippen LogP contribution in [0.3, 0.4) is 0 Å². The fraction of sp³-hybridized carbons (Fsp3) is 0.158. The molecule has 0 aliphatic carbocycles. The van der Waals surface area contributed by atoms with Gasteiger partial charge >= 0.3 is 0 Å². The highest BCUT2D eigenvalue weighted by Gasteiger charge is 2.22. The third kappa shape index (κ3) is 3.54. The van der Waals surface area contributed by atoms with Crippen molar-refractivity contribution in [3.05, 3.63) is 59.5 Å². The second-order valence-corrected chi connectivity index (χ2v) is 7.21. The maximum absolute atomic E-state index is 13.6. The lowest BCUT2D eigenvalue weighted by molar-refractivity contribution is -0.124. The molecule has 3 aromatic rings. The molecule has 1 N–H and O–H groups in total. The van der Waals surface area contributed by atoms with Gasteiger partial charge in [-0.2, -0.15) is 0 Å². The van der Waals surface area contributed by atoms with Gasteiger partial charge < -0.3 is 14.4 Å². The minimum atomic E-state index is -2.69. The number of benzene rings is 2. The quantitative estimate of drug-likeness (QED) is 0.403. The number of aryl methyl sites for hydroxylation is 1. The van der Waals surface area contributed by atoms with E-state index in [0.717, 1.165) is 4.31 Å². The van der Waals surface area contributed by atoms with E-state index in [1.165, 1.54) is 56.4 Å². The number of likely N-dealkylation sites (N-methyl/N-ethyl adjacent to an activating group) is 1. The van der Waals surface area contributed by atoms with Gasteiger partial charge in [-0.25, -0.2) is 4.39 Å². The van der Waals surface area contributed by atoms with Crippen molar-refractivity contribution in [2.75, 3.05) is 18.4 Å². The van der Waals surface area contributed by atoms with E-state index in [0.29, 0.717) is 16.5 Å². The van der Waals surface area contributed by atoms with E-state index in [1.807, 2.05) is 0 Å².